The Hall–Kier alpha value is -1.88. The highest BCUT2D eigenvalue weighted by Gasteiger charge is 2.16. The van der Waals surface area contributed by atoms with Crippen LogP contribution < -0.4 is 10.6 Å². The highest BCUT2D eigenvalue weighted by atomic mass is 16.5. The van der Waals surface area contributed by atoms with E-state index < -0.39 is 0 Å². The number of rotatable bonds is 3. The zero-order chi connectivity index (χ0) is 12.2. The molecule has 2 heterocycles. The maximum atomic E-state index is 5.23. The van der Waals surface area contributed by atoms with Crippen LogP contribution in [0.1, 0.15) is 12.8 Å². The molecule has 0 unspecified atom stereocenters. The molecule has 5 nitrogen and oxygen atoms in total. The van der Waals surface area contributed by atoms with Crippen LogP contribution in [0.2, 0.25) is 0 Å². The summed E-state index contributed by atoms with van der Waals surface area (Å²) in [6, 6.07) is 10.8. The van der Waals surface area contributed by atoms with Gasteiger partial charge in [-0.25, -0.2) is 0 Å². The molecule has 2 aromatic rings. The van der Waals surface area contributed by atoms with Crippen molar-refractivity contribution in [3.05, 3.63) is 30.3 Å². The lowest BCUT2D eigenvalue weighted by atomic mass is 10.1. The smallest absolute Gasteiger partial charge is 0.322 e. The molecule has 1 aliphatic rings. The van der Waals surface area contributed by atoms with E-state index in [2.05, 4.69) is 20.8 Å². The minimum atomic E-state index is 0.426. The molecule has 0 spiro atoms. The fraction of sp³-hybridized carbons (Fsp3) is 0.385. The van der Waals surface area contributed by atoms with Crippen LogP contribution in [0.25, 0.3) is 11.4 Å². The van der Waals surface area contributed by atoms with Crippen LogP contribution in [0.3, 0.4) is 0 Å². The van der Waals surface area contributed by atoms with Crippen molar-refractivity contribution in [1.29, 1.82) is 0 Å². The van der Waals surface area contributed by atoms with Crippen molar-refractivity contribution in [2.24, 2.45) is 0 Å². The molecule has 1 aromatic heterocycles. The van der Waals surface area contributed by atoms with Crippen molar-refractivity contribution in [1.82, 2.24) is 15.5 Å². The van der Waals surface area contributed by atoms with Gasteiger partial charge in [0.05, 0.1) is 0 Å². The molecular formula is C13H16N4O. The predicted molar refractivity (Wildman–Crippen MR) is 69.2 cm³/mol. The lowest BCUT2D eigenvalue weighted by Crippen LogP contribution is -2.35. The predicted octanol–water partition coefficient (Wildman–Crippen LogP) is 1.90. The van der Waals surface area contributed by atoms with Gasteiger partial charge in [0.1, 0.15) is 0 Å². The molecule has 0 atom stereocenters. The third-order valence-corrected chi connectivity index (χ3v) is 3.12. The number of piperidine rings is 1. The van der Waals surface area contributed by atoms with Gasteiger partial charge in [0.25, 0.3) is 0 Å². The fourth-order valence-electron chi connectivity index (χ4n) is 2.13. The Morgan fingerprint density at radius 1 is 1.17 bits per heavy atom. The van der Waals surface area contributed by atoms with Gasteiger partial charge in [-0.3, -0.25) is 0 Å². The molecule has 3 rings (SSSR count). The first-order chi connectivity index (χ1) is 8.92. The Bertz CT molecular complexity index is 491. The fourth-order valence-corrected chi connectivity index (χ4v) is 2.13. The first-order valence-electron chi connectivity index (χ1n) is 6.28. The second-order valence-electron chi connectivity index (χ2n) is 4.46. The third-order valence-electron chi connectivity index (χ3n) is 3.12. The third kappa shape index (κ3) is 2.51. The lowest BCUT2D eigenvalue weighted by molar-refractivity contribution is 0.412. The summed E-state index contributed by atoms with van der Waals surface area (Å²) in [5, 5.41) is 10.6. The van der Waals surface area contributed by atoms with Gasteiger partial charge in [-0.05, 0) is 25.9 Å². The quantitative estimate of drug-likeness (QED) is 0.863. The van der Waals surface area contributed by atoms with E-state index in [0.717, 1.165) is 31.5 Å². The van der Waals surface area contributed by atoms with Crippen LogP contribution in [0.4, 0.5) is 6.01 Å². The molecule has 5 heteroatoms. The van der Waals surface area contributed by atoms with Gasteiger partial charge in [-0.2, -0.15) is 4.98 Å². The summed E-state index contributed by atoms with van der Waals surface area (Å²) >= 11 is 0. The Morgan fingerprint density at radius 3 is 2.72 bits per heavy atom. The molecule has 18 heavy (non-hydrogen) atoms. The second-order valence-corrected chi connectivity index (χ2v) is 4.46. The number of nitrogens with zero attached hydrogens (tertiary/aromatic N) is 2. The summed E-state index contributed by atoms with van der Waals surface area (Å²) in [7, 11) is 0. The molecule has 0 aliphatic carbocycles. The SMILES string of the molecule is c1ccc(-c2noc(NC3CCNCC3)n2)cc1. The van der Waals surface area contributed by atoms with Crippen LogP contribution in [0, 0.1) is 0 Å². The average Bonchev–Trinajstić information content (AvgIpc) is 2.89. The summed E-state index contributed by atoms with van der Waals surface area (Å²) in [5.41, 5.74) is 0.972. The number of benzene rings is 1. The average molecular weight is 244 g/mol. The van der Waals surface area contributed by atoms with Crippen LogP contribution in [-0.4, -0.2) is 29.3 Å². The van der Waals surface area contributed by atoms with Gasteiger partial charge in [0, 0.05) is 11.6 Å². The van der Waals surface area contributed by atoms with E-state index in [4.69, 9.17) is 4.52 Å². The van der Waals surface area contributed by atoms with Crippen molar-refractivity contribution < 1.29 is 4.52 Å². The topological polar surface area (TPSA) is 63.0 Å². The highest BCUT2D eigenvalue weighted by molar-refractivity contribution is 5.54. The maximum Gasteiger partial charge on any atom is 0.322 e. The van der Waals surface area contributed by atoms with Gasteiger partial charge in [0.2, 0.25) is 5.82 Å². The molecule has 0 radical (unpaired) electrons. The van der Waals surface area contributed by atoms with E-state index in [1.165, 1.54) is 0 Å². The van der Waals surface area contributed by atoms with Crippen molar-refractivity contribution in [2.75, 3.05) is 18.4 Å². The zero-order valence-electron chi connectivity index (χ0n) is 10.1. The Labute approximate surface area is 106 Å². The number of anilines is 1. The van der Waals surface area contributed by atoms with Crippen molar-refractivity contribution in [2.45, 2.75) is 18.9 Å². The molecule has 94 valence electrons. The Morgan fingerprint density at radius 2 is 1.94 bits per heavy atom. The first kappa shape index (κ1) is 11.2. The summed E-state index contributed by atoms with van der Waals surface area (Å²) < 4.78 is 5.23. The van der Waals surface area contributed by atoms with Gasteiger partial charge >= 0.3 is 6.01 Å². The minimum Gasteiger partial charge on any atom is -0.335 e. The van der Waals surface area contributed by atoms with Crippen molar-refractivity contribution >= 4 is 6.01 Å². The Balaban J connectivity index is 1.69. The van der Waals surface area contributed by atoms with Crippen LogP contribution in [0.15, 0.2) is 34.9 Å². The van der Waals surface area contributed by atoms with Crippen LogP contribution in [-0.2, 0) is 0 Å². The zero-order valence-corrected chi connectivity index (χ0v) is 10.1. The molecule has 1 aromatic carbocycles. The summed E-state index contributed by atoms with van der Waals surface area (Å²) in [4.78, 5) is 4.37. The van der Waals surface area contributed by atoms with E-state index in [9.17, 15) is 0 Å². The standard InChI is InChI=1S/C13H16N4O/c1-2-4-10(5-3-1)12-16-13(18-17-12)15-11-6-8-14-9-7-11/h1-5,11,14H,6-9H2,(H,15,16,17). The van der Waals surface area contributed by atoms with E-state index in [0.29, 0.717) is 17.9 Å². The monoisotopic (exact) mass is 244 g/mol. The van der Waals surface area contributed by atoms with Crippen LogP contribution >= 0.6 is 0 Å². The number of aromatic nitrogens is 2. The highest BCUT2D eigenvalue weighted by Crippen LogP contribution is 2.18. The molecule has 0 amide bonds. The van der Waals surface area contributed by atoms with E-state index in [1.807, 2.05) is 30.3 Å². The molecule has 1 saturated heterocycles. The minimum absolute atomic E-state index is 0.426. The first-order valence-corrected chi connectivity index (χ1v) is 6.28. The molecule has 0 saturated carbocycles. The van der Waals surface area contributed by atoms with E-state index in [1.54, 1.807) is 0 Å². The van der Waals surface area contributed by atoms with E-state index in [-0.39, 0.29) is 0 Å². The van der Waals surface area contributed by atoms with Gasteiger partial charge in [0.15, 0.2) is 0 Å². The van der Waals surface area contributed by atoms with E-state index >= 15 is 0 Å². The molecular weight excluding hydrogens is 228 g/mol. The number of nitrogens with one attached hydrogen (secondary N) is 2. The number of hydrogen-bond donors (Lipinski definition) is 2. The lowest BCUT2D eigenvalue weighted by Gasteiger charge is -2.22. The number of hydrogen-bond acceptors (Lipinski definition) is 5. The molecule has 1 fully saturated rings. The van der Waals surface area contributed by atoms with Crippen LogP contribution in [0.5, 0.6) is 0 Å². The van der Waals surface area contributed by atoms with Crippen molar-refractivity contribution in [3.63, 3.8) is 0 Å². The van der Waals surface area contributed by atoms with Crippen molar-refractivity contribution in [3.8, 4) is 11.4 Å². The summed E-state index contributed by atoms with van der Waals surface area (Å²) in [6.45, 7) is 2.08. The van der Waals surface area contributed by atoms with Gasteiger partial charge < -0.3 is 15.2 Å². The Kier molecular flexibility index (Phi) is 3.23. The molecule has 0 bridgehead atoms. The maximum absolute atomic E-state index is 5.23. The molecule has 2 N–H and O–H groups in total. The van der Waals surface area contributed by atoms with Gasteiger partial charge in [-0.1, -0.05) is 35.5 Å². The second kappa shape index (κ2) is 5.18. The molecule has 1 aliphatic heterocycles. The summed E-state index contributed by atoms with van der Waals surface area (Å²) in [6.07, 6.45) is 2.17. The normalized spacial score (nSPS) is 16.7. The summed E-state index contributed by atoms with van der Waals surface area (Å²) in [5.74, 6) is 0.632. The largest absolute Gasteiger partial charge is 0.335 e. The van der Waals surface area contributed by atoms with Gasteiger partial charge in [-0.15, -0.1) is 0 Å².